The van der Waals surface area contributed by atoms with Gasteiger partial charge in [-0.2, -0.15) is 4.39 Å². The van der Waals surface area contributed by atoms with E-state index in [0.717, 1.165) is 6.07 Å². The van der Waals surface area contributed by atoms with Gasteiger partial charge in [0.15, 0.2) is 23.1 Å². The smallest absolute Gasteiger partial charge is 0.201 e. The quantitative estimate of drug-likeness (QED) is 0.888. The molecule has 0 unspecified atom stereocenters. The van der Waals surface area contributed by atoms with E-state index in [1.165, 1.54) is 31.4 Å². The average Bonchev–Trinajstić information content (AvgIpc) is 2.37. The van der Waals surface area contributed by atoms with Gasteiger partial charge in [0, 0.05) is 11.1 Å². The lowest BCUT2D eigenvalue weighted by molar-refractivity contribution is 0.372. The summed E-state index contributed by atoms with van der Waals surface area (Å²) in [6, 6.07) is 6.04. The minimum absolute atomic E-state index is 0.117. The van der Waals surface area contributed by atoms with E-state index in [9.17, 15) is 18.3 Å². The maximum Gasteiger partial charge on any atom is 0.201 e. The zero-order chi connectivity index (χ0) is 13.3. The number of aromatic hydroxyl groups is 1. The molecule has 2 nitrogen and oxygen atoms in total. The van der Waals surface area contributed by atoms with Crippen LogP contribution >= 0.6 is 0 Å². The van der Waals surface area contributed by atoms with E-state index in [1.807, 2.05) is 0 Å². The summed E-state index contributed by atoms with van der Waals surface area (Å²) in [7, 11) is 1.21. The molecule has 2 aromatic carbocycles. The molecule has 0 saturated heterocycles. The number of hydrogen-bond acceptors (Lipinski definition) is 2. The second-order valence-corrected chi connectivity index (χ2v) is 3.58. The van der Waals surface area contributed by atoms with E-state index in [1.54, 1.807) is 0 Å². The van der Waals surface area contributed by atoms with Gasteiger partial charge in [-0.1, -0.05) is 12.1 Å². The number of ether oxygens (including phenoxy) is 1. The molecule has 2 aromatic rings. The first-order valence-electron chi connectivity index (χ1n) is 5.06. The highest BCUT2D eigenvalue weighted by atomic mass is 19.2. The van der Waals surface area contributed by atoms with Crippen LogP contribution in [0.5, 0.6) is 11.5 Å². The second kappa shape index (κ2) is 4.60. The maximum absolute atomic E-state index is 13.8. The number of halogens is 3. The Morgan fingerprint density at radius 2 is 1.67 bits per heavy atom. The fourth-order valence-electron chi connectivity index (χ4n) is 1.63. The molecule has 0 radical (unpaired) electrons. The SMILES string of the molecule is COc1ccc(-c2cccc(F)c2O)c(F)c1F. The highest BCUT2D eigenvalue weighted by Gasteiger charge is 2.18. The van der Waals surface area contributed by atoms with E-state index in [0.29, 0.717) is 0 Å². The summed E-state index contributed by atoms with van der Waals surface area (Å²) >= 11 is 0. The number of hydrogen-bond donors (Lipinski definition) is 1. The van der Waals surface area contributed by atoms with Gasteiger partial charge in [-0.25, -0.2) is 8.78 Å². The molecular weight excluding hydrogens is 245 g/mol. The molecule has 2 rings (SSSR count). The molecule has 0 aliphatic heterocycles. The van der Waals surface area contributed by atoms with Gasteiger partial charge in [-0.05, 0) is 18.2 Å². The lowest BCUT2D eigenvalue weighted by Crippen LogP contribution is -1.95. The van der Waals surface area contributed by atoms with Crippen molar-refractivity contribution in [1.29, 1.82) is 0 Å². The second-order valence-electron chi connectivity index (χ2n) is 3.58. The first-order valence-corrected chi connectivity index (χ1v) is 5.06. The van der Waals surface area contributed by atoms with Crippen LogP contribution in [0, 0.1) is 17.5 Å². The van der Waals surface area contributed by atoms with E-state index in [2.05, 4.69) is 4.74 Å². The van der Waals surface area contributed by atoms with Gasteiger partial charge in [0.05, 0.1) is 7.11 Å². The standard InChI is InChI=1S/C13H9F3O2/c1-18-10-6-5-7(11(15)12(10)16)8-3-2-4-9(14)13(8)17/h2-6,17H,1H3. The number of phenols is 1. The molecule has 0 saturated carbocycles. The topological polar surface area (TPSA) is 29.5 Å². The normalized spacial score (nSPS) is 10.4. The van der Waals surface area contributed by atoms with Crippen LogP contribution in [-0.4, -0.2) is 12.2 Å². The van der Waals surface area contributed by atoms with Crippen molar-refractivity contribution in [1.82, 2.24) is 0 Å². The summed E-state index contributed by atoms with van der Waals surface area (Å²) in [5, 5.41) is 9.50. The van der Waals surface area contributed by atoms with Crippen LogP contribution < -0.4 is 4.74 Å². The van der Waals surface area contributed by atoms with Crippen LogP contribution in [0.15, 0.2) is 30.3 Å². The van der Waals surface area contributed by atoms with Gasteiger partial charge in [-0.3, -0.25) is 0 Å². The van der Waals surface area contributed by atoms with Gasteiger partial charge in [-0.15, -0.1) is 0 Å². The van der Waals surface area contributed by atoms with Gasteiger partial charge < -0.3 is 9.84 Å². The lowest BCUT2D eigenvalue weighted by atomic mass is 10.0. The Labute approximate surface area is 101 Å². The third kappa shape index (κ3) is 1.88. The molecule has 1 N–H and O–H groups in total. The van der Waals surface area contributed by atoms with E-state index < -0.39 is 23.2 Å². The molecular formula is C13H9F3O2. The minimum Gasteiger partial charge on any atom is -0.504 e. The number of phenolic OH excluding ortho intramolecular Hbond substituents is 1. The van der Waals surface area contributed by atoms with Crippen molar-refractivity contribution < 1.29 is 23.0 Å². The fraction of sp³-hybridized carbons (Fsp3) is 0.0769. The van der Waals surface area contributed by atoms with Crippen LogP contribution in [0.25, 0.3) is 11.1 Å². The summed E-state index contributed by atoms with van der Waals surface area (Å²) in [6.45, 7) is 0. The highest BCUT2D eigenvalue weighted by molar-refractivity contribution is 5.71. The van der Waals surface area contributed by atoms with Crippen LogP contribution in [0.2, 0.25) is 0 Å². The van der Waals surface area contributed by atoms with Crippen LogP contribution in [0.1, 0.15) is 0 Å². The van der Waals surface area contributed by atoms with Crippen LogP contribution in [0.3, 0.4) is 0 Å². The van der Waals surface area contributed by atoms with Crippen LogP contribution in [-0.2, 0) is 0 Å². The Hall–Kier alpha value is -2.17. The average molecular weight is 254 g/mol. The van der Waals surface area contributed by atoms with E-state index >= 15 is 0 Å². The molecule has 0 aliphatic rings. The van der Waals surface area contributed by atoms with Crippen molar-refractivity contribution in [2.24, 2.45) is 0 Å². The molecule has 0 aliphatic carbocycles. The largest absolute Gasteiger partial charge is 0.504 e. The summed E-state index contributed by atoms with van der Waals surface area (Å²) in [4.78, 5) is 0. The Morgan fingerprint density at radius 1 is 0.944 bits per heavy atom. The van der Waals surface area contributed by atoms with Crippen molar-refractivity contribution >= 4 is 0 Å². The van der Waals surface area contributed by atoms with Gasteiger partial charge in [0.25, 0.3) is 0 Å². The highest BCUT2D eigenvalue weighted by Crippen LogP contribution is 2.35. The Kier molecular flexibility index (Phi) is 3.14. The molecule has 0 heterocycles. The molecule has 0 atom stereocenters. The third-order valence-electron chi connectivity index (χ3n) is 2.54. The Balaban J connectivity index is 2.65. The fourth-order valence-corrected chi connectivity index (χ4v) is 1.63. The van der Waals surface area contributed by atoms with Crippen LogP contribution in [0.4, 0.5) is 13.2 Å². The molecule has 5 heteroatoms. The molecule has 0 spiro atoms. The summed E-state index contributed by atoms with van der Waals surface area (Å²) in [5.41, 5.74) is -0.348. The third-order valence-corrected chi connectivity index (χ3v) is 2.54. The predicted molar refractivity (Wildman–Crippen MR) is 60.0 cm³/mol. The van der Waals surface area contributed by atoms with Crippen molar-refractivity contribution in [3.05, 3.63) is 47.8 Å². The molecule has 0 amide bonds. The monoisotopic (exact) mass is 254 g/mol. The Bertz CT molecular complexity index is 597. The first-order chi connectivity index (χ1) is 8.56. The maximum atomic E-state index is 13.8. The molecule has 0 bridgehead atoms. The zero-order valence-corrected chi connectivity index (χ0v) is 9.38. The molecule has 0 aromatic heterocycles. The molecule has 0 fully saturated rings. The molecule has 94 valence electrons. The predicted octanol–water partition coefficient (Wildman–Crippen LogP) is 3.49. The molecule has 18 heavy (non-hydrogen) atoms. The number of para-hydroxylation sites is 1. The van der Waals surface area contributed by atoms with E-state index in [4.69, 9.17) is 0 Å². The Morgan fingerprint density at radius 3 is 2.33 bits per heavy atom. The van der Waals surface area contributed by atoms with Crippen molar-refractivity contribution in [3.8, 4) is 22.6 Å². The zero-order valence-electron chi connectivity index (χ0n) is 9.38. The summed E-state index contributed by atoms with van der Waals surface area (Å²) < 4.78 is 45.0. The van der Waals surface area contributed by atoms with Crippen molar-refractivity contribution in [3.63, 3.8) is 0 Å². The summed E-state index contributed by atoms with van der Waals surface area (Å²) in [5.74, 6) is -4.26. The van der Waals surface area contributed by atoms with Crippen molar-refractivity contribution in [2.75, 3.05) is 7.11 Å². The minimum atomic E-state index is -1.20. The van der Waals surface area contributed by atoms with E-state index in [-0.39, 0.29) is 16.9 Å². The summed E-state index contributed by atoms with van der Waals surface area (Å²) in [6.07, 6.45) is 0. The first kappa shape index (κ1) is 12.3. The number of rotatable bonds is 2. The van der Waals surface area contributed by atoms with Crippen molar-refractivity contribution in [2.45, 2.75) is 0 Å². The number of benzene rings is 2. The number of methoxy groups -OCH3 is 1. The lowest BCUT2D eigenvalue weighted by Gasteiger charge is -2.09. The van der Waals surface area contributed by atoms with Gasteiger partial charge in [0.2, 0.25) is 5.82 Å². The van der Waals surface area contributed by atoms with Gasteiger partial charge in [0.1, 0.15) is 0 Å². The van der Waals surface area contributed by atoms with Gasteiger partial charge >= 0.3 is 0 Å².